The van der Waals surface area contributed by atoms with Gasteiger partial charge in [-0.25, -0.2) is 0 Å². The van der Waals surface area contributed by atoms with Gasteiger partial charge >= 0.3 is 0 Å². The highest BCUT2D eigenvalue weighted by Gasteiger charge is 2.55. The van der Waals surface area contributed by atoms with Crippen LogP contribution in [0.3, 0.4) is 0 Å². The lowest BCUT2D eigenvalue weighted by Crippen LogP contribution is -2.54. The summed E-state index contributed by atoms with van der Waals surface area (Å²) >= 11 is 0. The van der Waals surface area contributed by atoms with Crippen LogP contribution >= 0.6 is 0 Å². The van der Waals surface area contributed by atoms with Crippen LogP contribution in [0.25, 0.3) is 6.08 Å². The molecule has 2 bridgehead atoms. The number of hydrogen-bond acceptors (Lipinski definition) is 4. The second-order valence-electron chi connectivity index (χ2n) is 11.1. The number of phenolic OH excluding ortho intramolecular Hbond substituents is 1. The fourth-order valence-electron chi connectivity index (χ4n) is 6.05. The highest BCUT2D eigenvalue weighted by Crippen LogP contribution is 2.63. The minimum Gasteiger partial charge on any atom is -0.507 e. The molecule has 1 N–H and O–H groups in total. The number of ketones is 1. The maximum Gasteiger partial charge on any atom is 0.193 e. The first-order valence-electron chi connectivity index (χ1n) is 12.3. The summed E-state index contributed by atoms with van der Waals surface area (Å²) < 4.78 is 13.2. The fourth-order valence-corrected chi connectivity index (χ4v) is 6.05. The average molecular weight is 459 g/mol. The van der Waals surface area contributed by atoms with E-state index in [4.69, 9.17) is 9.47 Å². The Morgan fingerprint density at radius 2 is 1.85 bits per heavy atom. The first-order valence-corrected chi connectivity index (χ1v) is 12.3. The Balaban J connectivity index is 1.72. The number of phenols is 1. The lowest BCUT2D eigenvalue weighted by atomic mass is 9.61. The van der Waals surface area contributed by atoms with Crippen LogP contribution in [-0.2, 0) is 6.42 Å². The van der Waals surface area contributed by atoms with Crippen LogP contribution in [0.2, 0.25) is 0 Å². The molecule has 0 radical (unpaired) electrons. The standard InChI is InChI=1S/C30H34O4/c1-18(2)11-13-20-26(32)25(23(31)14-12-19-9-7-6-8-10-19)28-24-21-17-30(5,34-27(20)24)16-15-22(21)29(3,4)33-28/h6-12,14,21-22,32H,13,15-17H2,1-5H3/t21-,22-,30+/m0/s1. The number of fused-ring (bicyclic) bond motifs is 1. The maximum absolute atomic E-state index is 13.6. The smallest absolute Gasteiger partial charge is 0.193 e. The van der Waals surface area contributed by atoms with Gasteiger partial charge in [0.2, 0.25) is 0 Å². The Morgan fingerprint density at radius 1 is 1.12 bits per heavy atom. The SMILES string of the molecule is CC(C)=CCc1c(O)c(C(=O)C=Cc2ccccc2)c2c3c1O[C@]1(C)CC[C@@H]([C@@H]3C1)C(C)(C)O2. The number of aromatic hydroxyl groups is 1. The van der Waals surface area contributed by atoms with Crippen molar-refractivity contribution in [2.45, 2.75) is 77.4 Å². The van der Waals surface area contributed by atoms with E-state index in [-0.39, 0.29) is 28.6 Å². The lowest BCUT2D eigenvalue weighted by molar-refractivity contribution is -0.0735. The van der Waals surface area contributed by atoms with Crippen molar-refractivity contribution in [1.82, 2.24) is 0 Å². The Bertz CT molecular complexity index is 1200. The van der Waals surface area contributed by atoms with E-state index in [0.717, 1.165) is 41.7 Å². The van der Waals surface area contributed by atoms with Crippen LogP contribution in [0.4, 0.5) is 0 Å². The summed E-state index contributed by atoms with van der Waals surface area (Å²) in [5.74, 6) is 1.55. The molecule has 0 saturated heterocycles. The number of hydrogen-bond donors (Lipinski definition) is 1. The van der Waals surface area contributed by atoms with Crippen molar-refractivity contribution >= 4 is 11.9 Å². The van der Waals surface area contributed by atoms with Gasteiger partial charge in [-0.15, -0.1) is 0 Å². The van der Waals surface area contributed by atoms with Crippen molar-refractivity contribution in [1.29, 1.82) is 0 Å². The zero-order chi connectivity index (χ0) is 24.3. The molecule has 2 aromatic rings. The molecule has 4 heteroatoms. The van der Waals surface area contributed by atoms with Crippen LogP contribution in [0.1, 0.15) is 86.8 Å². The molecule has 0 unspecified atom stereocenters. The first-order chi connectivity index (χ1) is 16.1. The van der Waals surface area contributed by atoms with E-state index in [0.29, 0.717) is 23.7 Å². The van der Waals surface area contributed by atoms with Crippen molar-refractivity contribution < 1.29 is 19.4 Å². The second kappa shape index (κ2) is 8.04. The topological polar surface area (TPSA) is 55.8 Å². The Morgan fingerprint density at radius 3 is 2.56 bits per heavy atom. The van der Waals surface area contributed by atoms with Crippen LogP contribution in [0.5, 0.6) is 17.2 Å². The minimum absolute atomic E-state index is 0.0215. The number of rotatable bonds is 5. The van der Waals surface area contributed by atoms with Crippen molar-refractivity contribution in [2.75, 3.05) is 0 Å². The summed E-state index contributed by atoms with van der Waals surface area (Å²) in [6, 6.07) is 9.71. The molecule has 3 aliphatic rings. The largest absolute Gasteiger partial charge is 0.507 e. The average Bonchev–Trinajstić information content (AvgIpc) is 2.76. The monoisotopic (exact) mass is 458 g/mol. The molecule has 34 heavy (non-hydrogen) atoms. The first kappa shape index (κ1) is 22.8. The zero-order valence-electron chi connectivity index (χ0n) is 20.8. The van der Waals surface area contributed by atoms with Gasteiger partial charge in [-0.05, 0) is 71.9 Å². The highest BCUT2D eigenvalue weighted by atomic mass is 16.5. The third-order valence-corrected chi connectivity index (χ3v) is 7.80. The van der Waals surface area contributed by atoms with Gasteiger partial charge in [0.05, 0.1) is 0 Å². The molecule has 1 saturated carbocycles. The molecule has 4 nitrogen and oxygen atoms in total. The van der Waals surface area contributed by atoms with Crippen molar-refractivity contribution in [2.24, 2.45) is 5.92 Å². The van der Waals surface area contributed by atoms with Gasteiger partial charge in [0.1, 0.15) is 34.0 Å². The molecule has 2 aromatic carbocycles. The maximum atomic E-state index is 13.6. The highest BCUT2D eigenvalue weighted by molar-refractivity contribution is 6.11. The Hall–Kier alpha value is -3.01. The van der Waals surface area contributed by atoms with E-state index in [9.17, 15) is 9.90 Å². The third-order valence-electron chi connectivity index (χ3n) is 7.80. The van der Waals surface area contributed by atoms with E-state index in [1.807, 2.05) is 44.2 Å². The van der Waals surface area contributed by atoms with Gasteiger partial charge in [0.15, 0.2) is 5.78 Å². The number of allylic oxidation sites excluding steroid dienone is 3. The van der Waals surface area contributed by atoms with E-state index in [1.54, 1.807) is 6.08 Å². The molecule has 2 heterocycles. The van der Waals surface area contributed by atoms with Gasteiger partial charge in [0.25, 0.3) is 0 Å². The number of carbonyl (C=O) groups is 1. The van der Waals surface area contributed by atoms with Gasteiger partial charge in [0, 0.05) is 23.0 Å². The van der Waals surface area contributed by atoms with Crippen molar-refractivity contribution in [3.05, 3.63) is 70.3 Å². The minimum atomic E-state index is -0.431. The van der Waals surface area contributed by atoms with E-state index in [2.05, 4.69) is 26.8 Å². The molecule has 1 aliphatic carbocycles. The molecular formula is C30H34O4. The summed E-state index contributed by atoms with van der Waals surface area (Å²) in [7, 11) is 0. The molecule has 5 rings (SSSR count). The summed E-state index contributed by atoms with van der Waals surface area (Å²) in [6.45, 7) is 10.5. The molecule has 0 aromatic heterocycles. The molecule has 0 spiro atoms. The zero-order valence-corrected chi connectivity index (χ0v) is 20.8. The predicted octanol–water partition coefficient (Wildman–Crippen LogP) is 7.00. The summed E-state index contributed by atoms with van der Waals surface area (Å²) in [6.07, 6.45) is 8.80. The molecule has 178 valence electrons. The Labute approximate surface area is 202 Å². The summed E-state index contributed by atoms with van der Waals surface area (Å²) in [4.78, 5) is 13.6. The van der Waals surface area contributed by atoms with Gasteiger partial charge in [-0.2, -0.15) is 0 Å². The number of benzene rings is 2. The fraction of sp³-hybridized carbons (Fsp3) is 0.433. The van der Waals surface area contributed by atoms with E-state index < -0.39 is 5.60 Å². The quantitative estimate of drug-likeness (QED) is 0.298. The summed E-state index contributed by atoms with van der Waals surface area (Å²) in [5.41, 5.74) is 3.32. The van der Waals surface area contributed by atoms with Crippen LogP contribution in [0, 0.1) is 5.92 Å². The third kappa shape index (κ3) is 3.73. The van der Waals surface area contributed by atoms with Gasteiger partial charge < -0.3 is 14.6 Å². The van der Waals surface area contributed by atoms with E-state index in [1.165, 1.54) is 6.08 Å². The van der Waals surface area contributed by atoms with Crippen LogP contribution in [0.15, 0.2) is 48.1 Å². The Kier molecular flexibility index (Phi) is 5.38. The van der Waals surface area contributed by atoms with E-state index >= 15 is 0 Å². The van der Waals surface area contributed by atoms with Crippen molar-refractivity contribution in [3.63, 3.8) is 0 Å². The summed E-state index contributed by atoms with van der Waals surface area (Å²) in [5, 5.41) is 11.5. The lowest BCUT2D eigenvalue weighted by Gasteiger charge is -2.55. The molecular weight excluding hydrogens is 424 g/mol. The van der Waals surface area contributed by atoms with Gasteiger partial charge in [-0.3, -0.25) is 4.79 Å². The normalized spacial score (nSPS) is 25.9. The van der Waals surface area contributed by atoms with Crippen LogP contribution in [-0.4, -0.2) is 22.1 Å². The van der Waals surface area contributed by atoms with Crippen molar-refractivity contribution in [3.8, 4) is 17.2 Å². The molecule has 1 fully saturated rings. The van der Waals surface area contributed by atoms with Gasteiger partial charge in [-0.1, -0.05) is 48.1 Å². The molecule has 3 atom stereocenters. The predicted molar refractivity (Wildman–Crippen MR) is 135 cm³/mol. The number of ether oxygens (including phenoxy) is 2. The molecule has 0 amide bonds. The molecule has 2 aliphatic heterocycles. The van der Waals surface area contributed by atoms with Crippen LogP contribution < -0.4 is 9.47 Å². The number of carbonyl (C=O) groups excluding carboxylic acids is 1. The second-order valence-corrected chi connectivity index (χ2v) is 11.1.